The summed E-state index contributed by atoms with van der Waals surface area (Å²) in [7, 11) is -3.81. The molecule has 4 aromatic carbocycles. The number of carbonyl (C=O) groups excluding carboxylic acids is 4. The first kappa shape index (κ1) is 42.7. The zero-order valence-electron chi connectivity index (χ0n) is 33.3. The van der Waals surface area contributed by atoms with Gasteiger partial charge in [0.15, 0.2) is 9.84 Å². The van der Waals surface area contributed by atoms with E-state index < -0.39 is 51.4 Å². The summed E-state index contributed by atoms with van der Waals surface area (Å²) >= 11 is 0. The zero-order chi connectivity index (χ0) is 42.1. The first-order valence-electron chi connectivity index (χ1n) is 19.8. The lowest BCUT2D eigenvalue weighted by atomic mass is 9.98. The summed E-state index contributed by atoms with van der Waals surface area (Å²) in [5.74, 6) is -3.33. The number of benzene rings is 4. The molecule has 10 rings (SSSR count). The monoisotopic (exact) mass is 820 g/mol. The molecule has 6 bridgehead atoms. The number of nitrogens with one attached hydrogen (secondary N) is 5. The Bertz CT molecular complexity index is 2230. The van der Waals surface area contributed by atoms with Gasteiger partial charge >= 0.3 is 0 Å². The highest BCUT2D eigenvalue weighted by atomic mass is 32.2. The van der Waals surface area contributed by atoms with Crippen LogP contribution in [0, 0.1) is 11.3 Å². The number of anilines is 2. The van der Waals surface area contributed by atoms with Gasteiger partial charge in [0.05, 0.1) is 29.5 Å². The highest BCUT2D eigenvalue weighted by Gasteiger charge is 2.32. The van der Waals surface area contributed by atoms with Crippen molar-refractivity contribution in [1.29, 1.82) is 5.41 Å². The van der Waals surface area contributed by atoms with E-state index in [0.29, 0.717) is 59.8 Å². The molecular weight excluding hydrogens is 769 g/mol. The van der Waals surface area contributed by atoms with E-state index in [2.05, 4.69) is 31.1 Å². The fraction of sp³-hybridized carbons (Fsp3) is 0.341. The Morgan fingerprint density at radius 1 is 0.712 bits per heavy atom. The van der Waals surface area contributed by atoms with E-state index in [1.54, 1.807) is 103 Å². The molecule has 310 valence electrons. The second kappa shape index (κ2) is 19.2. The van der Waals surface area contributed by atoms with Crippen molar-refractivity contribution in [3.05, 3.63) is 131 Å². The van der Waals surface area contributed by atoms with Gasteiger partial charge in [0.1, 0.15) is 11.9 Å². The van der Waals surface area contributed by atoms with Crippen LogP contribution in [0.15, 0.2) is 103 Å². The van der Waals surface area contributed by atoms with Crippen molar-refractivity contribution < 1.29 is 27.6 Å². The summed E-state index contributed by atoms with van der Waals surface area (Å²) in [4.78, 5) is 59.1. The van der Waals surface area contributed by atoms with Crippen molar-refractivity contribution in [3.63, 3.8) is 0 Å². The molecule has 4 atom stereocenters. The van der Waals surface area contributed by atoms with E-state index in [1.807, 2.05) is 13.8 Å². The van der Waals surface area contributed by atoms with Crippen molar-refractivity contribution in [2.75, 3.05) is 42.6 Å². The molecule has 6 heterocycles. The normalized spacial score (nSPS) is 23.1. The molecule has 4 amide bonds. The van der Waals surface area contributed by atoms with E-state index in [4.69, 9.17) is 11.1 Å². The molecule has 59 heavy (non-hydrogen) atoms. The number of carbonyl (C=O) groups is 4. The maximum Gasteiger partial charge on any atom is 0.243 e. The van der Waals surface area contributed by atoms with Gasteiger partial charge in [-0.2, -0.15) is 0 Å². The van der Waals surface area contributed by atoms with Crippen LogP contribution in [0.25, 0.3) is 0 Å². The molecule has 0 aliphatic carbocycles. The van der Waals surface area contributed by atoms with Gasteiger partial charge < -0.3 is 27.0 Å². The average Bonchev–Trinajstić information content (AvgIpc) is 3.23. The number of fused-ring (bicyclic) bond motifs is 1. The Labute approximate surface area is 345 Å². The van der Waals surface area contributed by atoms with Gasteiger partial charge in [-0.3, -0.25) is 34.4 Å². The second-order valence-corrected chi connectivity index (χ2v) is 17.4. The van der Waals surface area contributed by atoms with Crippen LogP contribution >= 0.6 is 0 Å². The Kier molecular flexibility index (Phi) is 13.9. The van der Waals surface area contributed by atoms with Crippen LogP contribution in [-0.2, 0) is 54.2 Å². The van der Waals surface area contributed by atoms with Gasteiger partial charge in [0.2, 0.25) is 23.6 Å². The predicted molar refractivity (Wildman–Crippen MR) is 228 cm³/mol. The minimum atomic E-state index is -3.81. The minimum absolute atomic E-state index is 0.0540. The zero-order valence-corrected chi connectivity index (χ0v) is 34.1. The number of amidine groups is 1. The second-order valence-electron chi connectivity index (χ2n) is 15.3. The summed E-state index contributed by atoms with van der Waals surface area (Å²) in [5, 5.41) is 19.4. The number of piperazine rings is 1. The maximum atomic E-state index is 14.3. The van der Waals surface area contributed by atoms with Gasteiger partial charge in [0.25, 0.3) is 0 Å². The Balaban J connectivity index is 1.30. The quantitative estimate of drug-likeness (QED) is 0.114. The number of amides is 4. The fourth-order valence-electron chi connectivity index (χ4n) is 7.34. The van der Waals surface area contributed by atoms with Gasteiger partial charge in [0, 0.05) is 56.1 Å². The van der Waals surface area contributed by atoms with Crippen molar-refractivity contribution in [3.8, 4) is 0 Å². The SMILES string of the molecule is CC1C(=O)Nc2ccc(cc2)C[C@@H](CS(=O)(=O)Cc2ccccc2)C(=O)N[C@H](C(=O)NCc2ccc(C(=N)N)cc2)Cc2ccc(cc2)NC(=O)C(C)N2CCN1CC2. The van der Waals surface area contributed by atoms with E-state index in [9.17, 15) is 27.6 Å². The van der Waals surface area contributed by atoms with Crippen LogP contribution in [0.2, 0.25) is 0 Å². The summed E-state index contributed by atoms with van der Waals surface area (Å²) < 4.78 is 27.4. The first-order chi connectivity index (χ1) is 28.2. The van der Waals surface area contributed by atoms with E-state index in [0.717, 1.165) is 5.56 Å². The summed E-state index contributed by atoms with van der Waals surface area (Å²) in [6, 6.07) is 27.7. The molecule has 0 saturated carbocycles. The number of nitrogens with zero attached hydrogens (tertiary/aromatic N) is 2. The fourth-order valence-corrected chi connectivity index (χ4v) is 9.04. The molecule has 0 aromatic heterocycles. The lowest BCUT2D eigenvalue weighted by molar-refractivity contribution is -0.130. The lowest BCUT2D eigenvalue weighted by Crippen LogP contribution is -2.56. The van der Waals surface area contributed by atoms with Crippen LogP contribution in [0.5, 0.6) is 0 Å². The number of sulfone groups is 1. The molecule has 6 aliphatic heterocycles. The Hall–Kier alpha value is -5.90. The van der Waals surface area contributed by atoms with Crippen LogP contribution in [0.3, 0.4) is 0 Å². The van der Waals surface area contributed by atoms with Crippen LogP contribution in [-0.4, -0.2) is 97.7 Å². The van der Waals surface area contributed by atoms with Gasteiger partial charge in [-0.25, -0.2) is 8.42 Å². The molecule has 4 aromatic rings. The molecule has 14 nitrogen and oxygen atoms in total. The predicted octanol–water partition coefficient (Wildman–Crippen LogP) is 3.07. The van der Waals surface area contributed by atoms with Crippen molar-refractivity contribution in [1.82, 2.24) is 20.4 Å². The van der Waals surface area contributed by atoms with Gasteiger partial charge in [-0.05, 0) is 66.8 Å². The molecule has 7 N–H and O–H groups in total. The van der Waals surface area contributed by atoms with Gasteiger partial charge in [-0.15, -0.1) is 0 Å². The highest BCUT2D eigenvalue weighted by Crippen LogP contribution is 2.20. The number of rotatable bonds is 8. The Morgan fingerprint density at radius 3 is 1.73 bits per heavy atom. The third-order valence-corrected chi connectivity index (χ3v) is 12.7. The van der Waals surface area contributed by atoms with Crippen molar-refractivity contribution in [2.24, 2.45) is 11.7 Å². The van der Waals surface area contributed by atoms with Crippen LogP contribution in [0.1, 0.15) is 41.7 Å². The smallest absolute Gasteiger partial charge is 0.243 e. The third kappa shape index (κ3) is 11.8. The molecule has 1 saturated heterocycles. The molecule has 0 spiro atoms. The Morgan fingerprint density at radius 2 is 1.22 bits per heavy atom. The number of nitrogen functional groups attached to an aromatic ring is 1. The highest BCUT2D eigenvalue weighted by molar-refractivity contribution is 7.90. The van der Waals surface area contributed by atoms with Crippen LogP contribution < -0.4 is 27.0 Å². The van der Waals surface area contributed by atoms with Crippen molar-refractivity contribution in [2.45, 2.75) is 57.1 Å². The molecule has 0 radical (unpaired) electrons. The summed E-state index contributed by atoms with van der Waals surface area (Å²) in [6.07, 6.45) is 0.129. The number of hydrogen-bond donors (Lipinski definition) is 6. The molecular formula is C44H52N8O6S. The van der Waals surface area contributed by atoms with Crippen molar-refractivity contribution >= 4 is 50.7 Å². The molecule has 6 aliphatic rings. The third-order valence-electron chi connectivity index (χ3n) is 11.0. The maximum absolute atomic E-state index is 14.3. The number of hydrogen-bond acceptors (Lipinski definition) is 9. The standard InChI is InChI=1S/C44H52N8O6S/c1-29-41(53)48-37-16-10-31(11-17-37)24-36(28-59(57,58)27-34-6-4-3-5-7-34)43(55)50-39(44(56)47-26-33-8-14-35(15-9-33)40(45)46)25-32-12-18-38(19-13-32)49-42(54)30(2)52-22-20-51(29)21-23-52/h3-19,29-30,36,39H,20-28H2,1-2H3,(H3,45,46)(H,47,56)(H,48,53)(H,49,54)(H,50,55)/t29?,30?,36-,39-/m0/s1. The molecule has 2 unspecified atom stereocenters. The largest absolute Gasteiger partial charge is 0.384 e. The summed E-state index contributed by atoms with van der Waals surface area (Å²) in [6.45, 7) is 6.27. The average molecular weight is 821 g/mol. The molecule has 15 heteroatoms. The lowest BCUT2D eigenvalue weighted by Gasteiger charge is -2.39. The van der Waals surface area contributed by atoms with Gasteiger partial charge in [-0.1, -0.05) is 78.9 Å². The van der Waals surface area contributed by atoms with E-state index in [1.165, 1.54) is 0 Å². The number of nitrogens with two attached hydrogens (primary N) is 1. The molecule has 1 fully saturated rings. The topological polar surface area (TPSA) is 207 Å². The van der Waals surface area contributed by atoms with Crippen LogP contribution in [0.4, 0.5) is 11.4 Å². The minimum Gasteiger partial charge on any atom is -0.384 e. The first-order valence-corrected chi connectivity index (χ1v) is 21.6. The van der Waals surface area contributed by atoms with E-state index >= 15 is 0 Å². The van der Waals surface area contributed by atoms with E-state index in [-0.39, 0.29) is 42.8 Å². The summed E-state index contributed by atoms with van der Waals surface area (Å²) in [5.41, 5.74) is 9.98.